The Morgan fingerprint density at radius 3 is 2.58 bits per heavy atom. The van der Waals surface area contributed by atoms with Gasteiger partial charge in [0.2, 0.25) is 11.9 Å². The van der Waals surface area contributed by atoms with E-state index in [4.69, 9.17) is 33.9 Å². The van der Waals surface area contributed by atoms with Crippen LogP contribution < -0.4 is 21.4 Å². The number of hydrogen-bond donors (Lipinski definition) is 3. The summed E-state index contributed by atoms with van der Waals surface area (Å²) in [6, 6.07) is 2.68. The van der Waals surface area contributed by atoms with Gasteiger partial charge in [0.05, 0.1) is 17.1 Å². The number of halogens is 4. The van der Waals surface area contributed by atoms with E-state index < -0.39 is 34.4 Å². The first kappa shape index (κ1) is 29.2. The summed E-state index contributed by atoms with van der Waals surface area (Å²) in [5, 5.41) is 11.9. The normalized spacial score (nSPS) is 16.4. The van der Waals surface area contributed by atoms with Gasteiger partial charge in [0.1, 0.15) is 34.0 Å². The second-order valence-electron chi connectivity index (χ2n) is 10.8. The Kier molecular flexibility index (Phi) is 7.69. The van der Waals surface area contributed by atoms with Crippen molar-refractivity contribution in [1.29, 1.82) is 0 Å². The lowest BCUT2D eigenvalue weighted by atomic mass is 9.76. The molecule has 6 rings (SSSR count). The van der Waals surface area contributed by atoms with Crippen LogP contribution in [0, 0.1) is 11.8 Å². The highest BCUT2D eigenvalue weighted by Crippen LogP contribution is 2.39. The monoisotopic (exact) mass is 630 g/mol. The molecule has 3 aromatic rings. The number of carbonyl (C=O) groups is 2. The van der Waals surface area contributed by atoms with Gasteiger partial charge in [-0.05, 0) is 25.0 Å². The minimum absolute atomic E-state index is 0.0686. The maximum absolute atomic E-state index is 15.4. The van der Waals surface area contributed by atoms with Crippen molar-refractivity contribution in [2.24, 2.45) is 10.7 Å². The molecule has 2 amide bonds. The fraction of sp³-hybridized carbons (Fsp3) is 0.333. The maximum atomic E-state index is 15.4. The number of likely N-dealkylation sites (N-methyl/N-ethyl adjacent to an activating group) is 1. The summed E-state index contributed by atoms with van der Waals surface area (Å²) in [5.74, 6) is -2.46. The van der Waals surface area contributed by atoms with Gasteiger partial charge in [-0.25, -0.2) is 14.4 Å². The van der Waals surface area contributed by atoms with E-state index in [1.807, 2.05) is 11.9 Å². The summed E-state index contributed by atoms with van der Waals surface area (Å²) in [5.41, 5.74) is 6.02. The molecule has 4 N–H and O–H groups in total. The van der Waals surface area contributed by atoms with Crippen LogP contribution in [0.15, 0.2) is 23.3 Å². The van der Waals surface area contributed by atoms with Crippen LogP contribution in [0.25, 0.3) is 11.1 Å². The first-order valence-corrected chi connectivity index (χ1v) is 14.4. The summed E-state index contributed by atoms with van der Waals surface area (Å²) < 4.78 is 31.7. The summed E-state index contributed by atoms with van der Waals surface area (Å²) in [6.45, 7) is 3.34. The largest absolute Gasteiger partial charge is 0.505 e. The number of nitrogens with zero attached hydrogens (tertiary/aromatic N) is 6. The third-order valence-corrected chi connectivity index (χ3v) is 8.69. The fourth-order valence-electron chi connectivity index (χ4n) is 5.67. The second kappa shape index (κ2) is 11.3. The van der Waals surface area contributed by atoms with E-state index in [2.05, 4.69) is 20.0 Å². The highest BCUT2D eigenvalue weighted by Gasteiger charge is 2.32. The van der Waals surface area contributed by atoms with Crippen LogP contribution in [0.4, 0.5) is 26.1 Å². The van der Waals surface area contributed by atoms with Crippen molar-refractivity contribution in [1.82, 2.24) is 19.3 Å². The fourth-order valence-corrected chi connectivity index (χ4v) is 6.02. The molecule has 224 valence electrons. The van der Waals surface area contributed by atoms with Crippen molar-refractivity contribution in [3.8, 4) is 16.9 Å². The number of pyridine rings is 1. The number of nitrogens with one attached hydrogen (secondary N) is 1. The number of amidine groups is 1. The number of piperazine rings is 1. The molecule has 0 saturated carbocycles. The molecule has 0 radical (unpaired) electrons. The van der Waals surface area contributed by atoms with Crippen molar-refractivity contribution >= 4 is 71.1 Å². The van der Waals surface area contributed by atoms with Gasteiger partial charge in [-0.15, -0.1) is 0 Å². The molecule has 2 saturated heterocycles. The third-order valence-electron chi connectivity index (χ3n) is 7.98. The van der Waals surface area contributed by atoms with E-state index >= 15 is 4.39 Å². The molecule has 11 nitrogen and oxygen atoms in total. The molecule has 5 heterocycles. The summed E-state index contributed by atoms with van der Waals surface area (Å²) in [4.78, 5) is 40.2. The average Bonchev–Trinajstić information content (AvgIpc) is 3.57. The standard InChI is InChI=1S/C27H27BCl2F2N8O3/c1-37-5-7-38(8-6-37)18-10-16(21(29)25(32)35-18)34-19(41)12-39-11-15(20-27(39)36-17-3-2-4-40(17)28-20)13-9-14(26(33)43)24(42)22(30)23(13)31/h9-11,28,42H,2-8,12H2,1H3,(H2,33,43)(H,34,35,41). The minimum Gasteiger partial charge on any atom is -0.505 e. The first-order chi connectivity index (χ1) is 20.5. The van der Waals surface area contributed by atoms with Gasteiger partial charge in [-0.2, -0.15) is 4.39 Å². The molecule has 16 heteroatoms. The SMILES string of the molecule is CN1CCN(c2cc(NC(=O)Cn3cc(-c4cc(C(N)=O)c(O)c(Cl)c4F)c4c3N=C3CCCN3B4)c(Cl)c(F)n2)CC1. The van der Waals surface area contributed by atoms with Gasteiger partial charge in [-0.3, -0.25) is 9.59 Å². The number of amides is 2. The van der Waals surface area contributed by atoms with Crippen LogP contribution in [0.2, 0.25) is 10.0 Å². The van der Waals surface area contributed by atoms with Crippen LogP contribution in [-0.4, -0.2) is 89.2 Å². The zero-order valence-corrected chi connectivity index (χ0v) is 24.6. The number of rotatable bonds is 6. The minimum atomic E-state index is -0.981. The topological polar surface area (TPSA) is 132 Å². The predicted octanol–water partition coefficient (Wildman–Crippen LogP) is 2.45. The Labute approximate surface area is 256 Å². The van der Waals surface area contributed by atoms with E-state index in [0.29, 0.717) is 43.2 Å². The predicted molar refractivity (Wildman–Crippen MR) is 162 cm³/mol. The van der Waals surface area contributed by atoms with E-state index in [1.54, 1.807) is 10.6 Å². The number of aromatic nitrogens is 2. The van der Waals surface area contributed by atoms with Crippen molar-refractivity contribution in [3.05, 3.63) is 45.7 Å². The first-order valence-electron chi connectivity index (χ1n) is 13.7. The molecule has 0 aliphatic carbocycles. The molecule has 1 aromatic carbocycles. The molecular formula is C27H27BCl2F2N8O3. The van der Waals surface area contributed by atoms with Crippen molar-refractivity contribution < 1.29 is 23.5 Å². The zero-order valence-electron chi connectivity index (χ0n) is 23.1. The molecule has 43 heavy (non-hydrogen) atoms. The number of primary amides is 1. The highest BCUT2D eigenvalue weighted by molar-refractivity contribution is 6.59. The molecule has 0 bridgehead atoms. The van der Waals surface area contributed by atoms with Gasteiger partial charge in [-0.1, -0.05) is 23.2 Å². The van der Waals surface area contributed by atoms with Crippen molar-refractivity contribution in [3.63, 3.8) is 0 Å². The van der Waals surface area contributed by atoms with Crippen LogP contribution >= 0.6 is 23.2 Å². The van der Waals surface area contributed by atoms with E-state index in [-0.39, 0.29) is 28.4 Å². The Morgan fingerprint density at radius 2 is 1.86 bits per heavy atom. The van der Waals surface area contributed by atoms with Gasteiger partial charge in [0, 0.05) is 62.5 Å². The Balaban J connectivity index is 1.35. The smallest absolute Gasteiger partial charge is 0.276 e. The molecule has 0 unspecified atom stereocenters. The number of aliphatic imine (C=N–C) groups is 1. The summed E-state index contributed by atoms with van der Waals surface area (Å²) >= 11 is 12.2. The molecular weight excluding hydrogens is 604 g/mol. The molecule has 0 spiro atoms. The Morgan fingerprint density at radius 1 is 1.12 bits per heavy atom. The second-order valence-corrected chi connectivity index (χ2v) is 11.6. The summed E-state index contributed by atoms with van der Waals surface area (Å²) in [7, 11) is 2.39. The van der Waals surface area contributed by atoms with Crippen molar-refractivity contribution in [2.75, 3.05) is 50.0 Å². The van der Waals surface area contributed by atoms with Gasteiger partial charge in [0.25, 0.3) is 13.3 Å². The number of aromatic hydroxyl groups is 1. The van der Waals surface area contributed by atoms with Crippen LogP contribution in [0.5, 0.6) is 5.75 Å². The quantitative estimate of drug-likeness (QED) is 0.282. The van der Waals surface area contributed by atoms with Gasteiger partial charge < -0.3 is 35.3 Å². The van der Waals surface area contributed by atoms with Crippen LogP contribution in [-0.2, 0) is 11.3 Å². The van der Waals surface area contributed by atoms with E-state index in [0.717, 1.165) is 44.4 Å². The van der Waals surface area contributed by atoms with Crippen LogP contribution in [0.3, 0.4) is 0 Å². The highest BCUT2D eigenvalue weighted by atomic mass is 35.5. The average molecular weight is 631 g/mol. The molecule has 2 aromatic heterocycles. The Bertz CT molecular complexity index is 1690. The summed E-state index contributed by atoms with van der Waals surface area (Å²) in [6.07, 6.45) is 3.18. The maximum Gasteiger partial charge on any atom is 0.276 e. The van der Waals surface area contributed by atoms with E-state index in [1.165, 1.54) is 6.20 Å². The lowest BCUT2D eigenvalue weighted by Crippen LogP contribution is -2.44. The van der Waals surface area contributed by atoms with Gasteiger partial charge in [0.15, 0.2) is 5.82 Å². The van der Waals surface area contributed by atoms with E-state index in [9.17, 15) is 19.1 Å². The number of carbonyl (C=O) groups excluding carboxylic acids is 2. The zero-order chi connectivity index (χ0) is 30.6. The number of phenols is 1. The lowest BCUT2D eigenvalue weighted by Gasteiger charge is -2.33. The molecule has 0 atom stereocenters. The lowest BCUT2D eigenvalue weighted by molar-refractivity contribution is -0.116. The Hall–Kier alpha value is -3.88. The van der Waals surface area contributed by atoms with Crippen molar-refractivity contribution in [2.45, 2.75) is 19.4 Å². The third kappa shape index (κ3) is 5.38. The van der Waals surface area contributed by atoms with Gasteiger partial charge >= 0.3 is 0 Å². The number of benzene rings is 1. The number of hydrogen-bond acceptors (Lipinski definition) is 8. The van der Waals surface area contributed by atoms with Crippen LogP contribution in [0.1, 0.15) is 23.2 Å². The number of fused-ring (bicyclic) bond motifs is 2. The molecule has 3 aliphatic rings. The number of nitrogens with two attached hydrogens (primary N) is 1. The molecule has 2 fully saturated rings. The number of anilines is 2. The molecule has 3 aliphatic heterocycles.